The molecule has 2 rings (SSSR count). The third kappa shape index (κ3) is 3.00. The van der Waals surface area contributed by atoms with E-state index in [2.05, 4.69) is 43.9 Å². The molecule has 0 saturated carbocycles. The van der Waals surface area contributed by atoms with Crippen LogP contribution in [0.2, 0.25) is 0 Å². The first-order valence-corrected chi connectivity index (χ1v) is 8.17. The van der Waals surface area contributed by atoms with Crippen LogP contribution in [0.3, 0.4) is 0 Å². The van der Waals surface area contributed by atoms with Crippen molar-refractivity contribution < 1.29 is 5.11 Å². The molecule has 0 amide bonds. The Kier molecular flexibility index (Phi) is 5.04. The van der Waals surface area contributed by atoms with Crippen LogP contribution >= 0.6 is 31.9 Å². The molecule has 1 N–H and O–H groups in total. The quantitative estimate of drug-likeness (QED) is 0.837. The molecule has 0 radical (unpaired) electrons. The molecule has 0 saturated heterocycles. The van der Waals surface area contributed by atoms with Crippen LogP contribution < -0.4 is 0 Å². The minimum Gasteiger partial charge on any atom is -0.388 e. The summed E-state index contributed by atoms with van der Waals surface area (Å²) in [6.07, 6.45) is 0.853. The first-order valence-electron chi connectivity index (χ1n) is 6.59. The van der Waals surface area contributed by atoms with Crippen LogP contribution in [0.25, 0.3) is 0 Å². The van der Waals surface area contributed by atoms with Gasteiger partial charge in [-0.25, -0.2) is 0 Å². The van der Waals surface area contributed by atoms with Gasteiger partial charge in [0, 0.05) is 17.9 Å². The second-order valence-electron chi connectivity index (χ2n) is 4.88. The molecule has 0 aliphatic carbocycles. The van der Waals surface area contributed by atoms with Crippen LogP contribution in [0.15, 0.2) is 27.1 Å². The number of halogens is 2. The van der Waals surface area contributed by atoms with E-state index in [9.17, 15) is 5.11 Å². The van der Waals surface area contributed by atoms with Crippen molar-refractivity contribution >= 4 is 31.9 Å². The Labute approximate surface area is 136 Å². The summed E-state index contributed by atoms with van der Waals surface area (Å²) in [6.45, 7) is 4.10. The third-order valence-corrected chi connectivity index (χ3v) is 5.47. The lowest BCUT2D eigenvalue weighted by Crippen LogP contribution is -2.08. The molecule has 3 nitrogen and oxygen atoms in total. The first-order chi connectivity index (χ1) is 9.45. The molecule has 0 aliphatic heterocycles. The van der Waals surface area contributed by atoms with Gasteiger partial charge in [0.25, 0.3) is 0 Å². The number of rotatable bonds is 4. The summed E-state index contributed by atoms with van der Waals surface area (Å²) in [5.41, 5.74) is 4.08. The standard InChI is InChI=1S/C15H18Br2N2O/c1-4-11-15(17)12(19(3)18-11)8-13(20)10-7-5-6-9(2)14(10)16/h5-7,13,20H,4,8H2,1-3H3. The van der Waals surface area contributed by atoms with Crippen molar-refractivity contribution in [3.8, 4) is 0 Å². The fraction of sp³-hybridized carbons (Fsp3) is 0.400. The summed E-state index contributed by atoms with van der Waals surface area (Å²) in [7, 11) is 1.91. The van der Waals surface area contributed by atoms with Gasteiger partial charge < -0.3 is 5.11 Å². The van der Waals surface area contributed by atoms with Gasteiger partial charge in [-0.3, -0.25) is 4.68 Å². The molecule has 20 heavy (non-hydrogen) atoms. The van der Waals surface area contributed by atoms with Gasteiger partial charge in [-0.15, -0.1) is 0 Å². The van der Waals surface area contributed by atoms with Gasteiger partial charge in [0.05, 0.1) is 22.0 Å². The summed E-state index contributed by atoms with van der Waals surface area (Å²) < 4.78 is 3.82. The van der Waals surface area contributed by atoms with E-state index in [-0.39, 0.29) is 0 Å². The summed E-state index contributed by atoms with van der Waals surface area (Å²) >= 11 is 7.15. The van der Waals surface area contributed by atoms with Crippen LogP contribution in [-0.2, 0) is 19.9 Å². The molecule has 1 aromatic carbocycles. The number of nitrogens with zero attached hydrogens (tertiary/aromatic N) is 2. The maximum Gasteiger partial charge on any atom is 0.0856 e. The fourth-order valence-corrected chi connectivity index (χ4v) is 3.57. The predicted octanol–water partition coefficient (Wildman–Crippen LogP) is 4.09. The number of aliphatic hydroxyl groups excluding tert-OH is 1. The Morgan fingerprint density at radius 2 is 2.00 bits per heavy atom. The van der Waals surface area contributed by atoms with Crippen molar-refractivity contribution in [2.24, 2.45) is 7.05 Å². The Balaban J connectivity index is 2.30. The van der Waals surface area contributed by atoms with Crippen molar-refractivity contribution in [1.82, 2.24) is 9.78 Å². The summed E-state index contributed by atoms with van der Waals surface area (Å²) in [4.78, 5) is 0. The molecule has 0 aliphatic rings. The molecule has 0 spiro atoms. The summed E-state index contributed by atoms with van der Waals surface area (Å²) in [5, 5.41) is 15.0. The molecule has 1 atom stereocenters. The van der Waals surface area contributed by atoms with E-state index in [0.717, 1.165) is 37.9 Å². The highest BCUT2D eigenvalue weighted by Gasteiger charge is 2.19. The van der Waals surface area contributed by atoms with Crippen LogP contribution in [0, 0.1) is 6.92 Å². The van der Waals surface area contributed by atoms with Crippen molar-refractivity contribution in [3.05, 3.63) is 49.7 Å². The maximum atomic E-state index is 10.5. The van der Waals surface area contributed by atoms with E-state index in [0.29, 0.717) is 6.42 Å². The van der Waals surface area contributed by atoms with Crippen LogP contribution in [0.1, 0.15) is 35.5 Å². The number of hydrogen-bond acceptors (Lipinski definition) is 2. The number of aliphatic hydroxyl groups is 1. The fourth-order valence-electron chi connectivity index (χ4n) is 2.26. The third-order valence-electron chi connectivity index (χ3n) is 3.47. The highest BCUT2D eigenvalue weighted by atomic mass is 79.9. The van der Waals surface area contributed by atoms with E-state index < -0.39 is 6.10 Å². The zero-order valence-electron chi connectivity index (χ0n) is 11.8. The molecule has 1 heterocycles. The Bertz CT molecular complexity index is 623. The number of hydrogen-bond donors (Lipinski definition) is 1. The minimum absolute atomic E-state index is 0.534. The van der Waals surface area contributed by atoms with E-state index >= 15 is 0 Å². The number of aryl methyl sites for hydroxylation is 3. The SMILES string of the molecule is CCc1nn(C)c(CC(O)c2cccc(C)c2Br)c1Br. The molecule has 5 heteroatoms. The van der Waals surface area contributed by atoms with Gasteiger partial charge in [0.15, 0.2) is 0 Å². The van der Waals surface area contributed by atoms with E-state index in [4.69, 9.17) is 0 Å². The summed E-state index contributed by atoms with van der Waals surface area (Å²) in [6, 6.07) is 5.94. The van der Waals surface area contributed by atoms with Gasteiger partial charge in [-0.05, 0) is 40.4 Å². The smallest absolute Gasteiger partial charge is 0.0856 e. The largest absolute Gasteiger partial charge is 0.388 e. The van der Waals surface area contributed by atoms with Crippen molar-refractivity contribution in [2.75, 3.05) is 0 Å². The normalized spacial score (nSPS) is 12.7. The van der Waals surface area contributed by atoms with Gasteiger partial charge >= 0.3 is 0 Å². The van der Waals surface area contributed by atoms with Crippen molar-refractivity contribution in [3.63, 3.8) is 0 Å². The zero-order chi connectivity index (χ0) is 14.9. The average Bonchev–Trinajstić information content (AvgIpc) is 2.69. The molecule has 2 aromatic rings. The van der Waals surface area contributed by atoms with Crippen molar-refractivity contribution in [2.45, 2.75) is 32.8 Å². The Morgan fingerprint density at radius 3 is 2.60 bits per heavy atom. The lowest BCUT2D eigenvalue weighted by molar-refractivity contribution is 0.174. The van der Waals surface area contributed by atoms with Crippen LogP contribution in [0.5, 0.6) is 0 Å². The van der Waals surface area contributed by atoms with Crippen molar-refractivity contribution in [1.29, 1.82) is 0 Å². The highest BCUT2D eigenvalue weighted by molar-refractivity contribution is 9.10. The van der Waals surface area contributed by atoms with Crippen LogP contribution in [0.4, 0.5) is 0 Å². The topological polar surface area (TPSA) is 38.0 Å². The molecule has 1 aromatic heterocycles. The zero-order valence-corrected chi connectivity index (χ0v) is 15.0. The monoisotopic (exact) mass is 400 g/mol. The molecule has 0 bridgehead atoms. The number of benzene rings is 1. The Hall–Kier alpha value is -0.650. The molecule has 108 valence electrons. The minimum atomic E-state index is -0.555. The molecule has 0 fully saturated rings. The highest BCUT2D eigenvalue weighted by Crippen LogP contribution is 2.31. The van der Waals surface area contributed by atoms with Gasteiger partial charge in [-0.1, -0.05) is 41.1 Å². The van der Waals surface area contributed by atoms with E-state index in [1.807, 2.05) is 36.9 Å². The number of aromatic nitrogens is 2. The molecular weight excluding hydrogens is 384 g/mol. The summed E-state index contributed by atoms with van der Waals surface area (Å²) in [5.74, 6) is 0. The predicted molar refractivity (Wildman–Crippen MR) is 87.8 cm³/mol. The van der Waals surface area contributed by atoms with Crippen LogP contribution in [-0.4, -0.2) is 14.9 Å². The van der Waals surface area contributed by atoms with E-state index in [1.54, 1.807) is 0 Å². The molecule has 1 unspecified atom stereocenters. The van der Waals surface area contributed by atoms with Gasteiger partial charge in [-0.2, -0.15) is 5.10 Å². The van der Waals surface area contributed by atoms with Gasteiger partial charge in [0.2, 0.25) is 0 Å². The lowest BCUT2D eigenvalue weighted by atomic mass is 10.0. The Morgan fingerprint density at radius 1 is 1.30 bits per heavy atom. The maximum absolute atomic E-state index is 10.5. The van der Waals surface area contributed by atoms with E-state index in [1.165, 1.54) is 0 Å². The second-order valence-corrected chi connectivity index (χ2v) is 6.47. The average molecular weight is 402 g/mol. The lowest BCUT2D eigenvalue weighted by Gasteiger charge is -2.14. The van der Waals surface area contributed by atoms with Gasteiger partial charge in [0.1, 0.15) is 0 Å². The molecular formula is C15H18Br2N2O. The first kappa shape index (κ1) is 15.7. The second kappa shape index (κ2) is 6.41.